The van der Waals surface area contributed by atoms with Crippen LogP contribution in [0.1, 0.15) is 10.4 Å². The van der Waals surface area contributed by atoms with Crippen molar-refractivity contribution in [2.75, 3.05) is 12.4 Å². The van der Waals surface area contributed by atoms with Crippen molar-refractivity contribution in [1.82, 2.24) is 0 Å². The lowest BCUT2D eigenvalue weighted by atomic mass is 10.1. The minimum Gasteiger partial charge on any atom is -0.395 e. The van der Waals surface area contributed by atoms with Gasteiger partial charge in [-0.25, -0.2) is 8.78 Å². The number of Topliss-reactive ketones (excluding diaryl/α,β-unsaturated/α-hetero) is 1. The van der Waals surface area contributed by atoms with Crippen molar-refractivity contribution in [3.8, 4) is 0 Å². The molecular formula is C8H6BrF2NO. The van der Waals surface area contributed by atoms with Gasteiger partial charge in [-0.2, -0.15) is 0 Å². The van der Waals surface area contributed by atoms with E-state index in [0.717, 1.165) is 6.07 Å². The largest absolute Gasteiger partial charge is 0.395 e. The van der Waals surface area contributed by atoms with Gasteiger partial charge in [-0.15, -0.1) is 0 Å². The van der Waals surface area contributed by atoms with Crippen LogP contribution in [-0.2, 0) is 0 Å². The number of hydrogen-bond donors (Lipinski definition) is 1. The highest BCUT2D eigenvalue weighted by atomic mass is 79.9. The molecule has 0 aliphatic carbocycles. The summed E-state index contributed by atoms with van der Waals surface area (Å²) in [5.74, 6) is -1.49. The zero-order valence-corrected chi connectivity index (χ0v) is 8.07. The van der Waals surface area contributed by atoms with Gasteiger partial charge in [-0.1, -0.05) is 0 Å². The summed E-state index contributed by atoms with van der Waals surface area (Å²) in [5.41, 5.74) is 5.15. The molecule has 1 aromatic carbocycles. The zero-order valence-electron chi connectivity index (χ0n) is 6.48. The van der Waals surface area contributed by atoms with Crippen LogP contribution >= 0.6 is 15.9 Å². The highest BCUT2D eigenvalue weighted by molar-refractivity contribution is 9.10. The molecular weight excluding hydrogens is 244 g/mol. The van der Waals surface area contributed by atoms with E-state index in [4.69, 9.17) is 5.73 Å². The molecule has 0 heterocycles. The smallest absolute Gasteiger partial charge is 0.193 e. The zero-order chi connectivity index (χ0) is 10.0. The number of hydrogen-bond acceptors (Lipinski definition) is 2. The fourth-order valence-corrected chi connectivity index (χ4v) is 1.26. The third-order valence-electron chi connectivity index (χ3n) is 1.52. The van der Waals surface area contributed by atoms with Gasteiger partial charge >= 0.3 is 0 Å². The number of ketones is 1. The number of carbonyl (C=O) groups excluding carboxylic acids is 1. The van der Waals surface area contributed by atoms with Crippen LogP contribution in [-0.4, -0.2) is 12.5 Å². The minimum atomic E-state index is -1.14. The van der Waals surface area contributed by atoms with E-state index in [1.165, 1.54) is 6.07 Å². The van der Waals surface area contributed by atoms with Gasteiger partial charge in [0.05, 0.1) is 5.69 Å². The molecule has 0 aromatic heterocycles. The monoisotopic (exact) mass is 249 g/mol. The van der Waals surface area contributed by atoms with Crippen LogP contribution in [0.4, 0.5) is 14.5 Å². The van der Waals surface area contributed by atoms with E-state index in [9.17, 15) is 13.6 Å². The van der Waals surface area contributed by atoms with Gasteiger partial charge in [0.25, 0.3) is 0 Å². The molecule has 0 bridgehead atoms. The number of alkyl halides is 1. The molecule has 0 fully saturated rings. The summed E-state index contributed by atoms with van der Waals surface area (Å²) in [6.07, 6.45) is 0. The first-order chi connectivity index (χ1) is 6.06. The quantitative estimate of drug-likeness (QED) is 0.646. The highest BCUT2D eigenvalue weighted by Crippen LogP contribution is 2.24. The maximum absolute atomic E-state index is 12.9. The number of nitrogens with two attached hydrogens (primary N) is 1. The van der Waals surface area contributed by atoms with Crippen LogP contribution in [0.3, 0.4) is 0 Å². The first-order valence-corrected chi connectivity index (χ1v) is 4.19. The van der Waals surface area contributed by atoms with Crippen molar-refractivity contribution in [1.29, 1.82) is 0 Å². The van der Waals surface area contributed by atoms with Crippen molar-refractivity contribution in [3.05, 3.63) is 28.0 Å². The predicted octanol–water partition coefficient (Wildman–Crippen LogP) is 2.32. The van der Waals surface area contributed by atoms with Crippen LogP contribution in [0.2, 0.25) is 0 Å². The summed E-state index contributed by atoms with van der Waals surface area (Å²) >= 11 is 2.95. The highest BCUT2D eigenvalue weighted by Gasteiger charge is 2.11. The summed E-state index contributed by atoms with van der Waals surface area (Å²) < 4.78 is 25.1. The Balaban J connectivity index is 3.20. The Kier molecular flexibility index (Phi) is 2.98. The van der Waals surface area contributed by atoms with Crippen LogP contribution < -0.4 is 5.73 Å². The second-order valence-electron chi connectivity index (χ2n) is 2.41. The number of halogens is 3. The number of rotatable bonds is 2. The molecule has 1 rings (SSSR count). The second-order valence-corrected chi connectivity index (χ2v) is 3.26. The maximum atomic E-state index is 12.9. The van der Waals surface area contributed by atoms with E-state index in [1.54, 1.807) is 0 Å². The molecule has 0 aliphatic heterocycles. The fourth-order valence-electron chi connectivity index (χ4n) is 0.822. The molecule has 2 N–H and O–H groups in total. The molecule has 0 saturated heterocycles. The Bertz CT molecular complexity index is 331. The van der Waals surface area contributed by atoms with Crippen molar-refractivity contribution in [3.63, 3.8) is 0 Å². The Morgan fingerprint density at radius 2 is 2.15 bits per heavy atom. The molecule has 0 radical (unpaired) electrons. The average Bonchev–Trinajstić information content (AvgIpc) is 2.12. The Hall–Kier alpha value is -0.970. The molecule has 5 heteroatoms. The predicted molar refractivity (Wildman–Crippen MR) is 48.8 cm³/mol. The molecule has 0 spiro atoms. The van der Waals surface area contributed by atoms with Gasteiger partial charge < -0.3 is 5.73 Å². The van der Waals surface area contributed by atoms with E-state index in [2.05, 4.69) is 15.9 Å². The number of anilines is 1. The standard InChI is InChI=1S/C8H6BrF2NO/c9-5-1-4(7(13)3-10)2-6(11)8(5)12/h1-2H,3,12H2. The molecule has 70 valence electrons. The molecule has 0 amide bonds. The summed E-state index contributed by atoms with van der Waals surface area (Å²) in [5, 5.41) is 0. The van der Waals surface area contributed by atoms with E-state index in [1.807, 2.05) is 0 Å². The van der Waals surface area contributed by atoms with Crippen molar-refractivity contribution in [2.45, 2.75) is 0 Å². The van der Waals surface area contributed by atoms with E-state index in [-0.39, 0.29) is 15.7 Å². The number of carbonyl (C=O) groups is 1. The van der Waals surface area contributed by atoms with E-state index in [0.29, 0.717) is 0 Å². The summed E-state index contributed by atoms with van der Waals surface area (Å²) in [6.45, 7) is -1.14. The van der Waals surface area contributed by atoms with Crippen LogP contribution in [0.5, 0.6) is 0 Å². The van der Waals surface area contributed by atoms with Gasteiger partial charge in [0.15, 0.2) is 12.5 Å². The summed E-state index contributed by atoms with van der Waals surface area (Å²) in [4.78, 5) is 10.8. The minimum absolute atomic E-state index is 0.0268. The van der Waals surface area contributed by atoms with Gasteiger partial charge in [0.1, 0.15) is 5.82 Å². The topological polar surface area (TPSA) is 43.1 Å². The van der Waals surface area contributed by atoms with Crippen LogP contribution in [0, 0.1) is 5.82 Å². The first kappa shape index (κ1) is 10.1. The Labute approximate surface area is 81.9 Å². The van der Waals surface area contributed by atoms with E-state index >= 15 is 0 Å². The van der Waals surface area contributed by atoms with Crippen LogP contribution in [0.15, 0.2) is 16.6 Å². The molecule has 0 saturated carbocycles. The average molecular weight is 250 g/mol. The van der Waals surface area contributed by atoms with Gasteiger partial charge in [-0.05, 0) is 28.1 Å². The number of benzene rings is 1. The maximum Gasteiger partial charge on any atom is 0.193 e. The SMILES string of the molecule is Nc1c(F)cc(C(=O)CF)cc1Br. The summed E-state index contributed by atoms with van der Waals surface area (Å²) in [6, 6.07) is 2.21. The van der Waals surface area contributed by atoms with Gasteiger partial charge in [0.2, 0.25) is 0 Å². The third kappa shape index (κ3) is 2.03. The molecule has 0 unspecified atom stereocenters. The Morgan fingerprint density at radius 3 is 2.62 bits per heavy atom. The summed E-state index contributed by atoms with van der Waals surface area (Å²) in [7, 11) is 0. The van der Waals surface area contributed by atoms with Gasteiger partial charge in [0, 0.05) is 10.0 Å². The van der Waals surface area contributed by atoms with E-state index < -0.39 is 18.3 Å². The lowest BCUT2D eigenvalue weighted by molar-refractivity contribution is 0.0958. The molecule has 0 aliphatic rings. The van der Waals surface area contributed by atoms with Crippen molar-refractivity contribution >= 4 is 27.4 Å². The van der Waals surface area contributed by atoms with Crippen molar-refractivity contribution < 1.29 is 13.6 Å². The molecule has 13 heavy (non-hydrogen) atoms. The van der Waals surface area contributed by atoms with Crippen molar-refractivity contribution in [2.24, 2.45) is 0 Å². The lowest BCUT2D eigenvalue weighted by Crippen LogP contribution is -2.03. The lowest BCUT2D eigenvalue weighted by Gasteiger charge is -2.02. The van der Waals surface area contributed by atoms with Crippen LogP contribution in [0.25, 0.3) is 0 Å². The molecule has 0 atom stereocenters. The second kappa shape index (κ2) is 3.83. The number of nitrogen functional groups attached to an aromatic ring is 1. The normalized spacial score (nSPS) is 10.1. The Morgan fingerprint density at radius 1 is 1.54 bits per heavy atom. The third-order valence-corrected chi connectivity index (χ3v) is 2.18. The first-order valence-electron chi connectivity index (χ1n) is 3.40. The van der Waals surface area contributed by atoms with Gasteiger partial charge in [-0.3, -0.25) is 4.79 Å². The fraction of sp³-hybridized carbons (Fsp3) is 0.125. The molecule has 1 aromatic rings. The molecule has 2 nitrogen and oxygen atoms in total.